The molecular formula is C26H32ClF3N7O2P. The number of ether oxygens (including phenoxy) is 1. The van der Waals surface area contributed by atoms with E-state index in [1.54, 1.807) is 49.7 Å². The normalized spacial score (nSPS) is 14.9. The van der Waals surface area contributed by atoms with Gasteiger partial charge in [-0.1, -0.05) is 23.7 Å². The molecule has 0 radical (unpaired) electrons. The van der Waals surface area contributed by atoms with Crippen molar-refractivity contribution in [1.82, 2.24) is 19.9 Å². The van der Waals surface area contributed by atoms with Crippen LogP contribution in [0, 0.1) is 0 Å². The number of hydrogen-bond acceptors (Lipinski definition) is 9. The molecule has 3 aromatic rings. The van der Waals surface area contributed by atoms with Crippen molar-refractivity contribution in [1.29, 1.82) is 0 Å². The number of nitrogens with one attached hydrogen (secondary N) is 2. The lowest BCUT2D eigenvalue weighted by molar-refractivity contribution is -0.153. The molecule has 1 aliphatic heterocycles. The molecule has 1 aliphatic rings. The van der Waals surface area contributed by atoms with Crippen molar-refractivity contribution in [3.8, 4) is 5.88 Å². The summed E-state index contributed by atoms with van der Waals surface area (Å²) in [7, 11) is 1.45. The summed E-state index contributed by atoms with van der Waals surface area (Å²) in [5.41, 5.74) is 0.733. The molecule has 14 heteroatoms. The van der Waals surface area contributed by atoms with Crippen LogP contribution in [0.2, 0.25) is 5.02 Å². The molecule has 0 atom stereocenters. The van der Waals surface area contributed by atoms with Gasteiger partial charge in [-0.25, -0.2) is 4.98 Å². The van der Waals surface area contributed by atoms with Crippen LogP contribution in [-0.4, -0.2) is 79.2 Å². The highest BCUT2D eigenvalue weighted by Crippen LogP contribution is 2.39. The molecule has 40 heavy (non-hydrogen) atoms. The Morgan fingerprint density at radius 2 is 1.77 bits per heavy atom. The molecule has 9 nitrogen and oxygen atoms in total. The van der Waals surface area contributed by atoms with Crippen LogP contribution >= 0.6 is 18.7 Å². The Bertz CT molecular complexity index is 1380. The molecule has 0 bridgehead atoms. The van der Waals surface area contributed by atoms with Crippen LogP contribution < -0.4 is 25.6 Å². The fourth-order valence-electron chi connectivity index (χ4n) is 4.39. The second-order valence-corrected chi connectivity index (χ2v) is 13.7. The number of anilines is 5. The lowest BCUT2D eigenvalue weighted by atomic mass is 10.0. The van der Waals surface area contributed by atoms with Crippen LogP contribution in [0.4, 0.5) is 42.1 Å². The molecule has 1 aromatic carbocycles. The minimum absolute atomic E-state index is 0.0544. The van der Waals surface area contributed by atoms with Crippen molar-refractivity contribution in [3.63, 3.8) is 0 Å². The van der Waals surface area contributed by atoms with Gasteiger partial charge < -0.3 is 29.7 Å². The molecule has 0 saturated carbocycles. The van der Waals surface area contributed by atoms with Gasteiger partial charge in [0, 0.05) is 24.4 Å². The summed E-state index contributed by atoms with van der Waals surface area (Å²) in [5.74, 6) is 0.588. The monoisotopic (exact) mass is 597 g/mol. The maximum Gasteiger partial charge on any atom is 0.422 e. The first-order valence-corrected chi connectivity index (χ1v) is 15.6. The van der Waals surface area contributed by atoms with E-state index < -0.39 is 19.9 Å². The zero-order chi connectivity index (χ0) is 29.1. The Labute approximate surface area is 236 Å². The predicted molar refractivity (Wildman–Crippen MR) is 154 cm³/mol. The quantitative estimate of drug-likeness (QED) is 0.300. The fraction of sp³-hybridized carbons (Fsp3) is 0.423. The molecule has 216 valence electrons. The minimum atomic E-state index is -4.54. The standard InChI is InChI=1S/C26H32ClF3N7O2P/c1-36(2)17-11-13-37(14-12-17)22-10-9-20(24(34-22)39-16-26(28,29)30)33-25-31-15-18(27)23(35-25)32-19-7-5-6-8-21(19)40(3,4)38/h5-10,15,17H,11-14,16H2,1-4H3,(H2,31,32,33,35). The second kappa shape index (κ2) is 12.2. The van der Waals surface area contributed by atoms with Crippen LogP contribution in [0.15, 0.2) is 42.6 Å². The Morgan fingerprint density at radius 1 is 1.07 bits per heavy atom. The van der Waals surface area contributed by atoms with Gasteiger partial charge in [-0.2, -0.15) is 23.1 Å². The topological polar surface area (TPSA) is 95.5 Å². The molecular weight excluding hydrogens is 566 g/mol. The van der Waals surface area contributed by atoms with E-state index in [9.17, 15) is 17.7 Å². The maximum atomic E-state index is 13.0. The summed E-state index contributed by atoms with van der Waals surface area (Å²) in [4.78, 5) is 17.2. The third kappa shape index (κ3) is 7.77. The molecule has 0 amide bonds. The molecule has 1 fully saturated rings. The second-order valence-electron chi connectivity index (χ2n) is 10.1. The van der Waals surface area contributed by atoms with Gasteiger partial charge in [-0.3, -0.25) is 0 Å². The Balaban J connectivity index is 1.59. The van der Waals surface area contributed by atoms with Gasteiger partial charge in [0.2, 0.25) is 11.8 Å². The van der Waals surface area contributed by atoms with E-state index >= 15 is 0 Å². The lowest BCUT2D eigenvalue weighted by Gasteiger charge is -2.36. The molecule has 0 aliphatic carbocycles. The van der Waals surface area contributed by atoms with Gasteiger partial charge in [0.15, 0.2) is 12.4 Å². The zero-order valence-electron chi connectivity index (χ0n) is 22.7. The first kappa shape index (κ1) is 29.9. The van der Waals surface area contributed by atoms with E-state index in [1.165, 1.54) is 6.20 Å². The number of alkyl halides is 3. The maximum absolute atomic E-state index is 13.0. The van der Waals surface area contributed by atoms with Gasteiger partial charge in [0.1, 0.15) is 23.7 Å². The van der Waals surface area contributed by atoms with Crippen molar-refractivity contribution in [2.75, 3.05) is 62.7 Å². The number of para-hydroxylation sites is 1. The van der Waals surface area contributed by atoms with E-state index in [0.717, 1.165) is 25.9 Å². The first-order chi connectivity index (χ1) is 18.8. The molecule has 2 aromatic heterocycles. The summed E-state index contributed by atoms with van der Waals surface area (Å²) < 4.78 is 57.0. The summed E-state index contributed by atoms with van der Waals surface area (Å²) in [6.45, 7) is 3.26. The van der Waals surface area contributed by atoms with E-state index in [-0.39, 0.29) is 28.4 Å². The molecule has 0 spiro atoms. The average molecular weight is 598 g/mol. The van der Waals surface area contributed by atoms with Gasteiger partial charge in [0.25, 0.3) is 0 Å². The van der Waals surface area contributed by atoms with Crippen LogP contribution in [0.5, 0.6) is 5.88 Å². The van der Waals surface area contributed by atoms with Crippen LogP contribution in [-0.2, 0) is 4.57 Å². The van der Waals surface area contributed by atoms with E-state index in [0.29, 0.717) is 22.9 Å². The molecule has 3 heterocycles. The number of aromatic nitrogens is 3. The van der Waals surface area contributed by atoms with E-state index in [1.807, 2.05) is 19.0 Å². The van der Waals surface area contributed by atoms with Crippen molar-refractivity contribution in [3.05, 3.63) is 47.6 Å². The Hall–Kier alpha value is -3.08. The number of hydrogen-bond donors (Lipinski definition) is 2. The largest absolute Gasteiger partial charge is 0.466 e. The number of pyridine rings is 1. The SMILES string of the molecule is CN(C)C1CCN(c2ccc(Nc3ncc(Cl)c(Nc4ccccc4P(C)(C)=O)n3)c(OCC(F)(F)F)n2)CC1. The van der Waals surface area contributed by atoms with Gasteiger partial charge in [-0.15, -0.1) is 0 Å². The minimum Gasteiger partial charge on any atom is -0.466 e. The van der Waals surface area contributed by atoms with Crippen molar-refractivity contribution < 1.29 is 22.5 Å². The smallest absolute Gasteiger partial charge is 0.422 e. The number of piperidine rings is 1. The lowest BCUT2D eigenvalue weighted by Crippen LogP contribution is -2.42. The third-order valence-electron chi connectivity index (χ3n) is 6.46. The van der Waals surface area contributed by atoms with Crippen molar-refractivity contribution in [2.24, 2.45) is 0 Å². The fourth-order valence-corrected chi connectivity index (χ4v) is 5.68. The average Bonchev–Trinajstić information content (AvgIpc) is 2.89. The summed E-state index contributed by atoms with van der Waals surface area (Å²) in [6.07, 6.45) is -1.36. The Morgan fingerprint density at radius 3 is 2.42 bits per heavy atom. The van der Waals surface area contributed by atoms with Gasteiger partial charge in [-0.05, 0) is 64.5 Å². The molecule has 1 saturated heterocycles. The highest BCUT2D eigenvalue weighted by molar-refractivity contribution is 7.70. The molecule has 4 rings (SSSR count). The van der Waals surface area contributed by atoms with Crippen LogP contribution in [0.25, 0.3) is 0 Å². The number of halogens is 4. The predicted octanol–water partition coefficient (Wildman–Crippen LogP) is 5.73. The molecule has 2 N–H and O–H groups in total. The number of benzene rings is 1. The highest BCUT2D eigenvalue weighted by atomic mass is 35.5. The van der Waals surface area contributed by atoms with Crippen molar-refractivity contribution in [2.45, 2.75) is 25.1 Å². The number of nitrogens with zero attached hydrogens (tertiary/aromatic N) is 5. The van der Waals surface area contributed by atoms with Crippen LogP contribution in [0.1, 0.15) is 12.8 Å². The third-order valence-corrected chi connectivity index (χ3v) is 8.29. The van der Waals surface area contributed by atoms with E-state index in [2.05, 4.69) is 30.5 Å². The molecule has 0 unspecified atom stereocenters. The van der Waals surface area contributed by atoms with Crippen molar-refractivity contribution >= 4 is 53.0 Å². The highest BCUT2D eigenvalue weighted by Gasteiger charge is 2.30. The summed E-state index contributed by atoms with van der Waals surface area (Å²) >= 11 is 6.33. The number of rotatable bonds is 9. The first-order valence-electron chi connectivity index (χ1n) is 12.6. The summed E-state index contributed by atoms with van der Waals surface area (Å²) in [5, 5.41) is 6.82. The van der Waals surface area contributed by atoms with Crippen LogP contribution in [0.3, 0.4) is 0 Å². The zero-order valence-corrected chi connectivity index (χ0v) is 24.3. The van der Waals surface area contributed by atoms with E-state index in [4.69, 9.17) is 16.3 Å². The Kier molecular flexibility index (Phi) is 9.12. The summed E-state index contributed by atoms with van der Waals surface area (Å²) in [6, 6.07) is 10.9. The van der Waals surface area contributed by atoms with Gasteiger partial charge in [0.05, 0.1) is 11.9 Å². The van der Waals surface area contributed by atoms with Gasteiger partial charge >= 0.3 is 6.18 Å².